The van der Waals surface area contributed by atoms with Crippen LogP contribution in [0.5, 0.6) is 0 Å². The van der Waals surface area contributed by atoms with Crippen LogP contribution >= 0.6 is 0 Å². The minimum Gasteiger partial charge on any atom is -0.352 e. The maximum Gasteiger partial charge on any atom is 0.243 e. The van der Waals surface area contributed by atoms with E-state index in [1.807, 2.05) is 12.1 Å². The lowest BCUT2D eigenvalue weighted by molar-refractivity contribution is -0.114. The lowest BCUT2D eigenvalue weighted by atomic mass is 10.0. The van der Waals surface area contributed by atoms with Gasteiger partial charge >= 0.3 is 0 Å². The smallest absolute Gasteiger partial charge is 0.243 e. The van der Waals surface area contributed by atoms with Gasteiger partial charge in [-0.2, -0.15) is 4.31 Å². The van der Waals surface area contributed by atoms with E-state index < -0.39 is 10.0 Å². The summed E-state index contributed by atoms with van der Waals surface area (Å²) in [4.78, 5) is 15.8. The summed E-state index contributed by atoms with van der Waals surface area (Å²) in [5.41, 5.74) is 0.572. The SMILES string of the molecule is CC(=O)Nc1ccc(S(=O)(=O)N2CCN(c3ccc(N4CCCCC4C)nn3)CC2)cc1. The highest BCUT2D eigenvalue weighted by atomic mass is 32.2. The van der Waals surface area contributed by atoms with E-state index in [-0.39, 0.29) is 10.8 Å². The summed E-state index contributed by atoms with van der Waals surface area (Å²) in [6.07, 6.45) is 3.62. The molecular weight excluding hydrogens is 428 g/mol. The Balaban J connectivity index is 1.37. The van der Waals surface area contributed by atoms with Gasteiger partial charge in [-0.15, -0.1) is 10.2 Å². The van der Waals surface area contributed by atoms with E-state index in [4.69, 9.17) is 0 Å². The molecule has 0 bridgehead atoms. The number of nitrogens with zero attached hydrogens (tertiary/aromatic N) is 5. The van der Waals surface area contributed by atoms with Crippen molar-refractivity contribution in [2.24, 2.45) is 0 Å². The number of piperazine rings is 1. The third kappa shape index (κ3) is 4.86. The number of hydrogen-bond donors (Lipinski definition) is 1. The highest BCUT2D eigenvalue weighted by molar-refractivity contribution is 7.89. The Labute approximate surface area is 189 Å². The van der Waals surface area contributed by atoms with E-state index in [2.05, 4.69) is 32.2 Å². The summed E-state index contributed by atoms with van der Waals surface area (Å²) in [5, 5.41) is 11.5. The number of benzene rings is 1. The first-order valence-corrected chi connectivity index (χ1v) is 12.5. The summed E-state index contributed by atoms with van der Waals surface area (Å²) in [5.74, 6) is 1.48. The maximum absolute atomic E-state index is 13.0. The van der Waals surface area contributed by atoms with Crippen molar-refractivity contribution in [2.45, 2.75) is 44.0 Å². The number of piperidine rings is 1. The van der Waals surface area contributed by atoms with Gasteiger partial charge in [0.2, 0.25) is 15.9 Å². The van der Waals surface area contributed by atoms with Gasteiger partial charge in [0.25, 0.3) is 0 Å². The molecule has 3 heterocycles. The largest absolute Gasteiger partial charge is 0.352 e. The van der Waals surface area contributed by atoms with Crippen LogP contribution in [0.25, 0.3) is 0 Å². The van der Waals surface area contributed by atoms with Crippen molar-refractivity contribution in [1.29, 1.82) is 0 Å². The second-order valence-electron chi connectivity index (χ2n) is 8.38. The average molecular weight is 459 g/mol. The van der Waals surface area contributed by atoms with Crippen LogP contribution < -0.4 is 15.1 Å². The molecule has 1 atom stereocenters. The molecule has 2 saturated heterocycles. The molecule has 2 aliphatic heterocycles. The molecule has 4 rings (SSSR count). The first kappa shape index (κ1) is 22.5. The van der Waals surface area contributed by atoms with Gasteiger partial charge in [-0.25, -0.2) is 8.42 Å². The number of amides is 1. The van der Waals surface area contributed by atoms with E-state index in [1.165, 1.54) is 42.6 Å². The molecule has 0 aliphatic carbocycles. The van der Waals surface area contributed by atoms with Crippen molar-refractivity contribution in [1.82, 2.24) is 14.5 Å². The standard InChI is InChI=1S/C22H30N6O3S/c1-17-5-3-4-12-28(17)22-11-10-21(24-25-22)26-13-15-27(16-14-26)32(30,31)20-8-6-19(7-9-20)23-18(2)29/h6-11,17H,3-5,12-16H2,1-2H3,(H,23,29). The molecule has 1 N–H and O–H groups in total. The fraction of sp³-hybridized carbons (Fsp3) is 0.500. The minimum absolute atomic E-state index is 0.196. The lowest BCUT2D eigenvalue weighted by Crippen LogP contribution is -2.49. The number of nitrogens with one attached hydrogen (secondary N) is 1. The number of carbonyl (C=O) groups is 1. The molecule has 10 heteroatoms. The fourth-order valence-corrected chi connectivity index (χ4v) is 5.72. The molecule has 172 valence electrons. The van der Waals surface area contributed by atoms with Crippen molar-refractivity contribution >= 4 is 33.3 Å². The van der Waals surface area contributed by atoms with E-state index in [1.54, 1.807) is 12.1 Å². The topological polar surface area (TPSA) is 98.7 Å². The second kappa shape index (κ2) is 9.41. The van der Waals surface area contributed by atoms with E-state index >= 15 is 0 Å². The van der Waals surface area contributed by atoms with E-state index in [0.29, 0.717) is 37.9 Å². The molecular formula is C22H30N6O3S. The number of anilines is 3. The molecule has 0 saturated carbocycles. The number of hydrogen-bond acceptors (Lipinski definition) is 7. The van der Waals surface area contributed by atoms with Gasteiger partial charge in [-0.3, -0.25) is 4.79 Å². The Morgan fingerprint density at radius 1 is 0.938 bits per heavy atom. The highest BCUT2D eigenvalue weighted by Crippen LogP contribution is 2.25. The molecule has 32 heavy (non-hydrogen) atoms. The van der Waals surface area contributed by atoms with Gasteiger partial charge in [0.1, 0.15) is 0 Å². The van der Waals surface area contributed by atoms with Gasteiger partial charge < -0.3 is 15.1 Å². The van der Waals surface area contributed by atoms with Gasteiger partial charge in [0.15, 0.2) is 11.6 Å². The molecule has 1 amide bonds. The lowest BCUT2D eigenvalue weighted by Gasteiger charge is -2.35. The normalized spacial score (nSPS) is 20.2. The molecule has 0 spiro atoms. The van der Waals surface area contributed by atoms with Crippen molar-refractivity contribution in [3.05, 3.63) is 36.4 Å². The summed E-state index contributed by atoms with van der Waals surface area (Å²) in [6, 6.07) is 10.7. The summed E-state index contributed by atoms with van der Waals surface area (Å²) in [7, 11) is -3.59. The fourth-order valence-electron chi connectivity index (χ4n) is 4.30. The van der Waals surface area contributed by atoms with Crippen LogP contribution in [-0.2, 0) is 14.8 Å². The van der Waals surface area contributed by atoms with Gasteiger partial charge in [-0.1, -0.05) is 0 Å². The Morgan fingerprint density at radius 2 is 1.59 bits per heavy atom. The van der Waals surface area contributed by atoms with Crippen LogP contribution in [0.1, 0.15) is 33.1 Å². The number of aromatic nitrogens is 2. The first-order valence-electron chi connectivity index (χ1n) is 11.1. The van der Waals surface area contributed by atoms with Crippen LogP contribution in [0.2, 0.25) is 0 Å². The first-order chi connectivity index (χ1) is 15.3. The van der Waals surface area contributed by atoms with Crippen molar-refractivity contribution in [2.75, 3.05) is 47.8 Å². The number of rotatable bonds is 5. The zero-order valence-electron chi connectivity index (χ0n) is 18.6. The van der Waals surface area contributed by atoms with Crippen molar-refractivity contribution in [3.8, 4) is 0 Å². The molecule has 2 fully saturated rings. The monoisotopic (exact) mass is 458 g/mol. The highest BCUT2D eigenvalue weighted by Gasteiger charge is 2.29. The molecule has 1 unspecified atom stereocenters. The molecule has 0 radical (unpaired) electrons. The van der Waals surface area contributed by atoms with Gasteiger partial charge in [-0.05, 0) is 62.6 Å². The second-order valence-corrected chi connectivity index (χ2v) is 10.3. The predicted octanol–water partition coefficient (Wildman–Crippen LogP) is 2.32. The molecule has 1 aromatic heterocycles. The van der Waals surface area contributed by atoms with Gasteiger partial charge in [0.05, 0.1) is 4.90 Å². The third-order valence-electron chi connectivity index (χ3n) is 6.11. The number of carbonyl (C=O) groups excluding carboxylic acids is 1. The van der Waals surface area contributed by atoms with E-state index in [0.717, 1.165) is 18.2 Å². The van der Waals surface area contributed by atoms with Crippen molar-refractivity contribution in [3.63, 3.8) is 0 Å². The zero-order valence-corrected chi connectivity index (χ0v) is 19.4. The maximum atomic E-state index is 13.0. The third-order valence-corrected chi connectivity index (χ3v) is 8.02. The Kier molecular flexibility index (Phi) is 6.61. The minimum atomic E-state index is -3.59. The average Bonchev–Trinajstić information content (AvgIpc) is 2.80. The van der Waals surface area contributed by atoms with Crippen LogP contribution in [0.4, 0.5) is 17.3 Å². The van der Waals surface area contributed by atoms with Crippen LogP contribution in [0.15, 0.2) is 41.3 Å². The Bertz CT molecular complexity index is 1030. The molecule has 2 aromatic rings. The van der Waals surface area contributed by atoms with Crippen LogP contribution in [0.3, 0.4) is 0 Å². The molecule has 2 aliphatic rings. The van der Waals surface area contributed by atoms with Gasteiger partial charge in [0, 0.05) is 51.4 Å². The quantitative estimate of drug-likeness (QED) is 0.734. The Hall–Kier alpha value is -2.72. The summed E-state index contributed by atoms with van der Waals surface area (Å²) in [6.45, 7) is 6.51. The number of sulfonamides is 1. The van der Waals surface area contributed by atoms with Crippen LogP contribution in [-0.4, -0.2) is 67.6 Å². The molecule has 1 aromatic carbocycles. The predicted molar refractivity (Wildman–Crippen MR) is 124 cm³/mol. The Morgan fingerprint density at radius 3 is 2.19 bits per heavy atom. The summed E-state index contributed by atoms with van der Waals surface area (Å²) >= 11 is 0. The van der Waals surface area contributed by atoms with Crippen LogP contribution in [0, 0.1) is 0 Å². The molecule has 9 nitrogen and oxygen atoms in total. The summed E-state index contributed by atoms with van der Waals surface area (Å²) < 4.78 is 27.5. The zero-order chi connectivity index (χ0) is 22.7. The van der Waals surface area contributed by atoms with Crippen molar-refractivity contribution < 1.29 is 13.2 Å². The van der Waals surface area contributed by atoms with E-state index in [9.17, 15) is 13.2 Å².